The van der Waals surface area contributed by atoms with Crippen molar-refractivity contribution >= 4 is 35.5 Å². The Morgan fingerprint density at radius 3 is 2.70 bits per heavy atom. The molecule has 144 valence electrons. The van der Waals surface area contributed by atoms with Crippen LogP contribution in [0.3, 0.4) is 0 Å². The number of aliphatic imine (C=N–C) groups is 1. The summed E-state index contributed by atoms with van der Waals surface area (Å²) < 4.78 is 40.6. The highest BCUT2D eigenvalue weighted by molar-refractivity contribution is 6.32. The van der Waals surface area contributed by atoms with Crippen molar-refractivity contribution in [3.8, 4) is 0 Å². The Labute approximate surface area is 157 Å². The highest BCUT2D eigenvalue weighted by Crippen LogP contribution is 2.36. The molecule has 0 aliphatic rings. The molecule has 0 aliphatic heterocycles. The minimum Gasteiger partial charge on any atom is -0.334 e. The Hall–Kier alpha value is -2.88. The van der Waals surface area contributed by atoms with Crippen molar-refractivity contribution in [2.45, 2.75) is 6.18 Å². The van der Waals surface area contributed by atoms with Gasteiger partial charge in [0.2, 0.25) is 0 Å². The van der Waals surface area contributed by atoms with Crippen LogP contribution in [0.1, 0.15) is 11.1 Å². The van der Waals surface area contributed by atoms with Gasteiger partial charge in [-0.05, 0) is 12.8 Å². The van der Waals surface area contributed by atoms with E-state index >= 15 is 0 Å². The second-order valence-corrected chi connectivity index (χ2v) is 5.80. The molecule has 7 nitrogen and oxygen atoms in total. The summed E-state index contributed by atoms with van der Waals surface area (Å²) >= 11 is 5.96. The van der Waals surface area contributed by atoms with E-state index in [0.717, 1.165) is 10.9 Å². The molecule has 1 heterocycles. The third kappa shape index (κ3) is 4.27. The zero-order valence-corrected chi connectivity index (χ0v) is 15.4. The maximum absolute atomic E-state index is 13.2. The van der Waals surface area contributed by atoms with Crippen LogP contribution in [-0.4, -0.2) is 35.6 Å². The van der Waals surface area contributed by atoms with E-state index in [1.54, 1.807) is 6.07 Å². The Kier molecular flexibility index (Phi) is 5.89. The maximum Gasteiger partial charge on any atom is 0.421 e. The van der Waals surface area contributed by atoms with Crippen LogP contribution < -0.4 is 4.90 Å². The van der Waals surface area contributed by atoms with E-state index in [-0.39, 0.29) is 27.1 Å². The summed E-state index contributed by atoms with van der Waals surface area (Å²) in [5.41, 5.74) is -0.251. The predicted octanol–water partition coefficient (Wildman–Crippen LogP) is 4.20. The standard InChI is InChI=1S/C16H16ClF3N5O2/c1-21-13(10-5-6-12(17)14(7-10)25(26)27-4)9-23(2)15-11(16(18,19)20)8-22-24(15)3/h5-9H,1H2,2-4H3/q+1. The second-order valence-electron chi connectivity index (χ2n) is 5.39. The van der Waals surface area contributed by atoms with Crippen LogP contribution in [0.4, 0.5) is 24.7 Å². The van der Waals surface area contributed by atoms with E-state index in [4.69, 9.17) is 11.6 Å². The van der Waals surface area contributed by atoms with Crippen LogP contribution >= 0.6 is 11.6 Å². The first kappa shape index (κ1) is 20.4. The van der Waals surface area contributed by atoms with Gasteiger partial charge in [0.25, 0.3) is 4.92 Å². The van der Waals surface area contributed by atoms with Crippen LogP contribution in [0, 0.1) is 4.91 Å². The van der Waals surface area contributed by atoms with Crippen LogP contribution in [0.5, 0.6) is 0 Å². The van der Waals surface area contributed by atoms with Crippen molar-refractivity contribution < 1.29 is 22.9 Å². The van der Waals surface area contributed by atoms with E-state index in [2.05, 4.69) is 21.6 Å². The number of aryl methyl sites for hydroxylation is 1. The maximum atomic E-state index is 13.2. The minimum absolute atomic E-state index is 0.0189. The Balaban J connectivity index is 2.50. The van der Waals surface area contributed by atoms with Crippen LogP contribution in [0.2, 0.25) is 5.02 Å². The van der Waals surface area contributed by atoms with E-state index < -0.39 is 11.7 Å². The normalized spacial score (nSPS) is 12.0. The average molecular weight is 403 g/mol. The molecular formula is C16H16ClF3N5O2+. The number of hydrogen-bond acceptors (Lipinski definition) is 5. The first-order valence-corrected chi connectivity index (χ1v) is 7.79. The van der Waals surface area contributed by atoms with Gasteiger partial charge in [0.05, 0.1) is 16.8 Å². The molecule has 0 atom stereocenters. The molecule has 0 saturated carbocycles. The highest BCUT2D eigenvalue weighted by Gasteiger charge is 2.37. The lowest BCUT2D eigenvalue weighted by atomic mass is 10.1. The second kappa shape index (κ2) is 7.78. The predicted molar refractivity (Wildman–Crippen MR) is 95.9 cm³/mol. The molecule has 0 amide bonds. The minimum atomic E-state index is -4.57. The number of alkyl halides is 3. The first-order valence-electron chi connectivity index (χ1n) is 7.42. The first-order chi connectivity index (χ1) is 12.6. The summed E-state index contributed by atoms with van der Waals surface area (Å²) in [6.07, 6.45) is -2.48. The van der Waals surface area contributed by atoms with Gasteiger partial charge in [0.15, 0.2) is 7.11 Å². The van der Waals surface area contributed by atoms with E-state index in [9.17, 15) is 18.1 Å². The third-order valence-corrected chi connectivity index (χ3v) is 3.96. The summed E-state index contributed by atoms with van der Waals surface area (Å²) in [5.74, 6) is -0.180. The molecule has 2 rings (SSSR count). The Bertz CT molecular complexity index is 908. The van der Waals surface area contributed by atoms with Crippen LogP contribution in [0.25, 0.3) is 5.70 Å². The Morgan fingerprint density at radius 1 is 1.48 bits per heavy atom. The van der Waals surface area contributed by atoms with Gasteiger partial charge in [-0.15, -0.1) is 0 Å². The lowest BCUT2D eigenvalue weighted by molar-refractivity contribution is -0.736. The summed E-state index contributed by atoms with van der Waals surface area (Å²) in [6.45, 7) is 3.44. The molecule has 0 bridgehead atoms. The molecular weight excluding hydrogens is 387 g/mol. The van der Waals surface area contributed by atoms with Crippen molar-refractivity contribution in [1.82, 2.24) is 9.78 Å². The summed E-state index contributed by atoms with van der Waals surface area (Å²) in [4.78, 5) is 21.5. The van der Waals surface area contributed by atoms with Crippen molar-refractivity contribution in [2.75, 3.05) is 19.1 Å². The number of hydrogen-bond donors (Lipinski definition) is 0. The van der Waals surface area contributed by atoms with Crippen molar-refractivity contribution in [2.24, 2.45) is 12.0 Å². The summed E-state index contributed by atoms with van der Waals surface area (Å²) in [7, 11) is 3.99. The largest absolute Gasteiger partial charge is 0.421 e. The van der Waals surface area contributed by atoms with Gasteiger partial charge in [-0.25, -0.2) is 4.84 Å². The Morgan fingerprint density at radius 2 is 2.15 bits per heavy atom. The van der Waals surface area contributed by atoms with Crippen molar-refractivity contribution in [3.05, 3.63) is 51.7 Å². The van der Waals surface area contributed by atoms with Crippen LogP contribution in [-0.2, 0) is 18.1 Å². The van der Waals surface area contributed by atoms with Crippen molar-refractivity contribution in [1.29, 1.82) is 0 Å². The lowest BCUT2D eigenvalue weighted by Gasteiger charge is -2.18. The van der Waals surface area contributed by atoms with Crippen LogP contribution in [0.15, 0.2) is 35.6 Å². The number of aromatic nitrogens is 2. The third-order valence-electron chi connectivity index (χ3n) is 3.64. The molecule has 0 unspecified atom stereocenters. The zero-order chi connectivity index (χ0) is 20.4. The molecule has 0 spiro atoms. The fourth-order valence-electron chi connectivity index (χ4n) is 2.41. The smallest absolute Gasteiger partial charge is 0.334 e. The number of rotatable bonds is 6. The monoisotopic (exact) mass is 402 g/mol. The molecule has 0 N–H and O–H groups in total. The number of anilines is 1. The summed E-state index contributed by atoms with van der Waals surface area (Å²) in [5, 5.41) is 3.80. The van der Waals surface area contributed by atoms with E-state index in [0.29, 0.717) is 5.56 Å². The van der Waals surface area contributed by atoms with Gasteiger partial charge in [-0.3, -0.25) is 9.67 Å². The summed E-state index contributed by atoms with van der Waals surface area (Å²) in [6, 6.07) is 4.39. The molecule has 0 saturated heterocycles. The van der Waals surface area contributed by atoms with Gasteiger partial charge >= 0.3 is 11.9 Å². The molecule has 2 aromatic rings. The molecule has 0 fully saturated rings. The van der Waals surface area contributed by atoms with Gasteiger partial charge in [-0.2, -0.15) is 18.3 Å². The van der Waals surface area contributed by atoms with Gasteiger partial charge in [-0.1, -0.05) is 17.7 Å². The molecule has 1 aromatic carbocycles. The number of benzene rings is 1. The number of nitrogens with zero attached hydrogens (tertiary/aromatic N) is 5. The zero-order valence-electron chi connectivity index (χ0n) is 14.7. The SMILES string of the molecule is C=NC(=CN(C)c1c(C(F)(F)F)cnn1C)c1ccc(Cl)c([N+](=O)OC)c1. The van der Waals surface area contributed by atoms with Gasteiger partial charge < -0.3 is 4.90 Å². The average Bonchev–Trinajstić information content (AvgIpc) is 3.01. The lowest BCUT2D eigenvalue weighted by Crippen LogP contribution is -2.18. The molecule has 27 heavy (non-hydrogen) atoms. The molecule has 1 aromatic heterocycles. The topological polar surface area (TPSA) is 62.7 Å². The van der Waals surface area contributed by atoms with Gasteiger partial charge in [0.1, 0.15) is 16.4 Å². The van der Waals surface area contributed by atoms with E-state index in [1.807, 2.05) is 0 Å². The molecule has 0 radical (unpaired) electrons. The van der Waals surface area contributed by atoms with E-state index in [1.165, 1.54) is 44.4 Å². The number of halogens is 4. The fraction of sp³-hybridized carbons (Fsp3) is 0.250. The molecule has 11 heteroatoms. The van der Waals surface area contributed by atoms with Crippen molar-refractivity contribution in [3.63, 3.8) is 0 Å². The fourth-order valence-corrected chi connectivity index (χ4v) is 2.60. The van der Waals surface area contributed by atoms with Gasteiger partial charge in [0, 0.05) is 31.9 Å². The molecule has 0 aliphatic carbocycles. The quantitative estimate of drug-likeness (QED) is 0.536. The highest BCUT2D eigenvalue weighted by atomic mass is 35.5.